The second-order valence-electron chi connectivity index (χ2n) is 6.78. The molecule has 8 heteroatoms. The van der Waals surface area contributed by atoms with Crippen molar-refractivity contribution >= 4 is 40.1 Å². The maximum absolute atomic E-state index is 6.28. The Morgan fingerprint density at radius 3 is 2.62 bits per heavy atom. The molecule has 0 radical (unpaired) electrons. The van der Waals surface area contributed by atoms with Crippen molar-refractivity contribution in [2.24, 2.45) is 4.99 Å². The lowest BCUT2D eigenvalue weighted by atomic mass is 10.1. The van der Waals surface area contributed by atoms with Gasteiger partial charge in [0.2, 0.25) is 0 Å². The zero-order chi connectivity index (χ0) is 20.2. The standard InChI is InChI=1S/C21H24ClN7/c1-23-20(24-2)28-21-26-18-7-6-15(22)13-17(18)19(27-21)14-4-3-5-16(12-14)29-10-8-25-9-11-29/h3-7,12-13,25H,8-11H2,1-2H3,(H2,23,24,26,27,28). The van der Waals surface area contributed by atoms with E-state index >= 15 is 0 Å². The first kappa shape index (κ1) is 19.4. The Labute approximate surface area is 175 Å². The van der Waals surface area contributed by atoms with E-state index in [-0.39, 0.29) is 0 Å². The topological polar surface area (TPSA) is 77.5 Å². The summed E-state index contributed by atoms with van der Waals surface area (Å²) in [5, 5.41) is 10.9. The molecular weight excluding hydrogens is 386 g/mol. The molecule has 150 valence electrons. The number of guanidine groups is 1. The van der Waals surface area contributed by atoms with Crippen LogP contribution in [0.3, 0.4) is 0 Å². The molecule has 1 saturated heterocycles. The van der Waals surface area contributed by atoms with E-state index in [1.807, 2.05) is 18.2 Å². The van der Waals surface area contributed by atoms with Gasteiger partial charge in [-0.3, -0.25) is 0 Å². The average Bonchev–Trinajstić information content (AvgIpc) is 2.78. The number of anilines is 1. The number of rotatable bonds is 3. The number of benzene rings is 2. The minimum atomic E-state index is 0.390. The number of nitrogens with one attached hydrogen (secondary N) is 3. The van der Waals surface area contributed by atoms with E-state index in [2.05, 4.69) is 55.1 Å². The van der Waals surface area contributed by atoms with Gasteiger partial charge in [-0.1, -0.05) is 23.7 Å². The van der Waals surface area contributed by atoms with Crippen LogP contribution in [0.25, 0.3) is 22.2 Å². The molecule has 0 saturated carbocycles. The molecule has 0 unspecified atom stereocenters. The third kappa shape index (κ3) is 4.26. The van der Waals surface area contributed by atoms with E-state index in [9.17, 15) is 0 Å². The van der Waals surface area contributed by atoms with Crippen molar-refractivity contribution in [3.63, 3.8) is 0 Å². The highest BCUT2D eigenvalue weighted by Gasteiger charge is 2.14. The van der Waals surface area contributed by atoms with Crippen molar-refractivity contribution in [2.75, 3.05) is 45.2 Å². The van der Waals surface area contributed by atoms with Crippen molar-refractivity contribution in [3.05, 3.63) is 47.5 Å². The van der Waals surface area contributed by atoms with Gasteiger partial charge in [-0.25, -0.2) is 9.97 Å². The van der Waals surface area contributed by atoms with Gasteiger partial charge in [0, 0.05) is 61.9 Å². The number of hydrogen-bond acceptors (Lipinski definition) is 5. The molecular formula is C21H24ClN7. The summed E-state index contributed by atoms with van der Waals surface area (Å²) in [7, 11) is 3.60. The van der Waals surface area contributed by atoms with Crippen LogP contribution in [0.2, 0.25) is 5.02 Å². The lowest BCUT2D eigenvalue weighted by Crippen LogP contribution is -2.43. The summed E-state index contributed by atoms with van der Waals surface area (Å²) in [4.78, 5) is 16.2. The Morgan fingerprint density at radius 1 is 1.07 bits per heavy atom. The number of hydrogen-bond donors (Lipinski definition) is 3. The summed E-state index contributed by atoms with van der Waals surface area (Å²) in [6, 6.07) is 14.1. The molecule has 0 amide bonds. The highest BCUT2D eigenvalue weighted by Crippen LogP contribution is 2.32. The van der Waals surface area contributed by atoms with Crippen molar-refractivity contribution in [3.8, 4) is 11.3 Å². The van der Waals surface area contributed by atoms with Crippen LogP contribution in [-0.4, -0.2) is 56.2 Å². The molecule has 4 rings (SSSR count). The Kier molecular flexibility index (Phi) is 5.78. The van der Waals surface area contributed by atoms with Crippen LogP contribution in [0, 0.1) is 0 Å². The van der Waals surface area contributed by atoms with Gasteiger partial charge in [0.15, 0.2) is 5.96 Å². The first-order valence-corrected chi connectivity index (χ1v) is 10.0. The summed E-state index contributed by atoms with van der Waals surface area (Å²) >= 11 is 6.28. The van der Waals surface area contributed by atoms with E-state index in [0.29, 0.717) is 16.9 Å². The van der Waals surface area contributed by atoms with Crippen LogP contribution in [0.5, 0.6) is 0 Å². The van der Waals surface area contributed by atoms with Gasteiger partial charge in [-0.05, 0) is 30.3 Å². The maximum atomic E-state index is 6.28. The van der Waals surface area contributed by atoms with E-state index in [4.69, 9.17) is 16.6 Å². The average molecular weight is 410 g/mol. The molecule has 3 aromatic rings. The number of aromatic nitrogens is 2. The Balaban J connectivity index is 1.85. The molecule has 3 N–H and O–H groups in total. The molecule has 7 nitrogen and oxygen atoms in total. The molecule has 2 aromatic carbocycles. The van der Waals surface area contributed by atoms with Gasteiger partial charge in [-0.2, -0.15) is 4.99 Å². The molecule has 1 aliphatic rings. The number of nitrogens with zero attached hydrogens (tertiary/aromatic N) is 4. The van der Waals surface area contributed by atoms with E-state index in [0.717, 1.165) is 48.3 Å². The van der Waals surface area contributed by atoms with Crippen LogP contribution in [0.4, 0.5) is 11.6 Å². The summed E-state index contributed by atoms with van der Waals surface area (Å²) in [6.45, 7) is 3.96. The van der Waals surface area contributed by atoms with Crippen LogP contribution in [0.1, 0.15) is 0 Å². The van der Waals surface area contributed by atoms with Crippen molar-refractivity contribution in [1.29, 1.82) is 0 Å². The highest BCUT2D eigenvalue weighted by molar-refractivity contribution is 6.31. The van der Waals surface area contributed by atoms with Gasteiger partial charge in [0.05, 0.1) is 11.2 Å². The molecule has 0 spiro atoms. The maximum Gasteiger partial charge on any atom is 0.253 e. The fourth-order valence-corrected chi connectivity index (χ4v) is 3.64. The first-order valence-electron chi connectivity index (χ1n) is 9.65. The van der Waals surface area contributed by atoms with Gasteiger partial charge in [-0.15, -0.1) is 0 Å². The lowest BCUT2D eigenvalue weighted by molar-refractivity contribution is 0.589. The number of halogens is 1. The third-order valence-electron chi connectivity index (χ3n) is 4.93. The number of piperazine rings is 1. The van der Waals surface area contributed by atoms with E-state index in [1.54, 1.807) is 14.1 Å². The Bertz CT molecular complexity index is 1040. The van der Waals surface area contributed by atoms with Gasteiger partial charge >= 0.3 is 0 Å². The minimum Gasteiger partial charge on any atom is -0.369 e. The zero-order valence-corrected chi connectivity index (χ0v) is 17.3. The second-order valence-corrected chi connectivity index (χ2v) is 7.22. The summed E-state index contributed by atoms with van der Waals surface area (Å²) < 4.78 is 0. The van der Waals surface area contributed by atoms with Crippen LogP contribution in [0.15, 0.2) is 47.5 Å². The first-order chi connectivity index (χ1) is 14.2. The van der Waals surface area contributed by atoms with Crippen LogP contribution >= 0.6 is 11.6 Å². The largest absolute Gasteiger partial charge is 0.369 e. The van der Waals surface area contributed by atoms with Crippen molar-refractivity contribution in [1.82, 2.24) is 25.9 Å². The third-order valence-corrected chi connectivity index (χ3v) is 5.17. The van der Waals surface area contributed by atoms with Crippen molar-refractivity contribution in [2.45, 2.75) is 0 Å². The predicted octanol–water partition coefficient (Wildman–Crippen LogP) is 2.79. The monoisotopic (exact) mass is 409 g/mol. The summed E-state index contributed by atoms with van der Waals surface area (Å²) in [5.74, 6) is 0.986. The molecule has 0 atom stereocenters. The van der Waals surface area contributed by atoms with Gasteiger partial charge in [0.1, 0.15) is 0 Å². The molecule has 2 heterocycles. The zero-order valence-electron chi connectivity index (χ0n) is 16.5. The molecule has 29 heavy (non-hydrogen) atoms. The second kappa shape index (κ2) is 8.63. The Morgan fingerprint density at radius 2 is 1.86 bits per heavy atom. The quantitative estimate of drug-likeness (QED) is 0.456. The SMILES string of the molecule is CNC(=Nc1nc(-c2cccc(N3CCNCC3)c2)c2cc(Cl)ccc2n1)NC. The van der Waals surface area contributed by atoms with Crippen LogP contribution < -0.4 is 20.9 Å². The smallest absolute Gasteiger partial charge is 0.253 e. The van der Waals surface area contributed by atoms with E-state index in [1.165, 1.54) is 5.69 Å². The summed E-state index contributed by atoms with van der Waals surface area (Å²) in [5.41, 5.74) is 3.83. The molecule has 1 aliphatic heterocycles. The minimum absolute atomic E-state index is 0.390. The van der Waals surface area contributed by atoms with Gasteiger partial charge in [0.25, 0.3) is 5.95 Å². The fraction of sp³-hybridized carbons (Fsp3) is 0.286. The van der Waals surface area contributed by atoms with Gasteiger partial charge < -0.3 is 20.9 Å². The van der Waals surface area contributed by atoms with E-state index < -0.39 is 0 Å². The molecule has 0 bridgehead atoms. The summed E-state index contributed by atoms with van der Waals surface area (Å²) in [6.07, 6.45) is 0. The molecule has 1 aromatic heterocycles. The normalized spacial score (nSPS) is 14.0. The van der Waals surface area contributed by atoms with Crippen molar-refractivity contribution < 1.29 is 0 Å². The van der Waals surface area contributed by atoms with Crippen LogP contribution in [-0.2, 0) is 0 Å². The number of fused-ring (bicyclic) bond motifs is 1. The highest BCUT2D eigenvalue weighted by atomic mass is 35.5. The lowest BCUT2D eigenvalue weighted by Gasteiger charge is -2.29. The fourth-order valence-electron chi connectivity index (χ4n) is 3.47. The molecule has 0 aliphatic carbocycles. The number of aliphatic imine (C=N–C) groups is 1. The Hall–Kier alpha value is -2.90. The predicted molar refractivity (Wildman–Crippen MR) is 120 cm³/mol. The molecule has 1 fully saturated rings.